The van der Waals surface area contributed by atoms with Gasteiger partial charge in [-0.2, -0.15) is 0 Å². The molecule has 0 aliphatic carbocycles. The highest BCUT2D eigenvalue weighted by Crippen LogP contribution is 2.04. The van der Waals surface area contributed by atoms with Crippen LogP contribution in [0, 0.1) is 0 Å². The van der Waals surface area contributed by atoms with Crippen molar-refractivity contribution in [1.29, 1.82) is 0 Å². The number of alkyl halides is 1. The molecule has 0 saturated carbocycles. The lowest BCUT2D eigenvalue weighted by molar-refractivity contribution is -0.130. The number of hydrogen-bond donors (Lipinski definition) is 0. The zero-order chi connectivity index (χ0) is 10.4. The summed E-state index contributed by atoms with van der Waals surface area (Å²) in [5.74, 6) is 0.957. The molecule has 1 heterocycles. The van der Waals surface area contributed by atoms with E-state index in [0.717, 1.165) is 45.0 Å². The zero-order valence-electron chi connectivity index (χ0n) is 8.84. The van der Waals surface area contributed by atoms with E-state index in [4.69, 9.17) is 11.6 Å². The number of piperazine rings is 1. The van der Waals surface area contributed by atoms with E-state index in [2.05, 4.69) is 4.90 Å². The molecule has 14 heavy (non-hydrogen) atoms. The first-order valence-corrected chi connectivity index (χ1v) is 5.81. The molecule has 1 amide bonds. The number of unbranched alkanes of at least 4 members (excludes halogenated alkanes) is 1. The van der Waals surface area contributed by atoms with E-state index in [9.17, 15) is 4.79 Å². The molecule has 1 rings (SSSR count). The maximum absolute atomic E-state index is 11.1. The van der Waals surface area contributed by atoms with E-state index >= 15 is 0 Å². The van der Waals surface area contributed by atoms with Crippen LogP contribution in [0.25, 0.3) is 0 Å². The van der Waals surface area contributed by atoms with Crippen molar-refractivity contribution in [2.24, 2.45) is 0 Å². The van der Waals surface area contributed by atoms with Crippen LogP contribution in [-0.4, -0.2) is 54.3 Å². The molecular formula is C10H19ClN2O. The van der Waals surface area contributed by atoms with Crippen LogP contribution >= 0.6 is 11.6 Å². The Labute approximate surface area is 91.0 Å². The molecule has 3 nitrogen and oxygen atoms in total. The maximum Gasteiger partial charge on any atom is 0.219 e. The quantitative estimate of drug-likeness (QED) is 0.523. The van der Waals surface area contributed by atoms with Gasteiger partial charge in [0.1, 0.15) is 0 Å². The maximum atomic E-state index is 11.1. The van der Waals surface area contributed by atoms with Crippen molar-refractivity contribution >= 4 is 17.5 Å². The predicted octanol–water partition coefficient (Wildman–Crippen LogP) is 1.17. The standard InChI is InChI=1S/C10H19ClN2O/c1-10(14)13-8-6-12(7-9-13)5-3-2-4-11/h2-9H2,1H3. The molecule has 0 spiro atoms. The minimum Gasteiger partial charge on any atom is -0.340 e. The van der Waals surface area contributed by atoms with E-state index < -0.39 is 0 Å². The second kappa shape index (κ2) is 6.25. The smallest absolute Gasteiger partial charge is 0.219 e. The van der Waals surface area contributed by atoms with Crippen LogP contribution in [0.15, 0.2) is 0 Å². The molecule has 4 heteroatoms. The molecular weight excluding hydrogens is 200 g/mol. The first-order valence-electron chi connectivity index (χ1n) is 5.28. The third-order valence-corrected chi connectivity index (χ3v) is 2.94. The van der Waals surface area contributed by atoms with Gasteiger partial charge >= 0.3 is 0 Å². The van der Waals surface area contributed by atoms with Crippen molar-refractivity contribution < 1.29 is 4.79 Å². The molecule has 0 unspecified atom stereocenters. The van der Waals surface area contributed by atoms with Crippen LogP contribution in [0.1, 0.15) is 19.8 Å². The van der Waals surface area contributed by atoms with Crippen LogP contribution in [0.3, 0.4) is 0 Å². The highest BCUT2D eigenvalue weighted by molar-refractivity contribution is 6.17. The number of nitrogens with zero attached hydrogens (tertiary/aromatic N) is 2. The summed E-state index contributed by atoms with van der Waals surface area (Å²) in [7, 11) is 0. The largest absolute Gasteiger partial charge is 0.340 e. The molecule has 1 saturated heterocycles. The number of carbonyl (C=O) groups excluding carboxylic acids is 1. The highest BCUT2D eigenvalue weighted by Gasteiger charge is 2.17. The molecule has 1 fully saturated rings. The van der Waals surface area contributed by atoms with Crippen molar-refractivity contribution in [3.8, 4) is 0 Å². The molecule has 0 radical (unpaired) electrons. The fourth-order valence-electron chi connectivity index (χ4n) is 1.72. The summed E-state index contributed by atoms with van der Waals surface area (Å²) >= 11 is 5.61. The van der Waals surface area contributed by atoms with E-state index in [1.807, 2.05) is 4.90 Å². The van der Waals surface area contributed by atoms with Gasteiger partial charge in [0.05, 0.1) is 0 Å². The Bertz CT molecular complexity index is 179. The summed E-state index contributed by atoms with van der Waals surface area (Å²) in [5, 5.41) is 0. The number of hydrogen-bond acceptors (Lipinski definition) is 2. The van der Waals surface area contributed by atoms with Crippen molar-refractivity contribution in [3.63, 3.8) is 0 Å². The Kier molecular flexibility index (Phi) is 5.26. The average Bonchev–Trinajstić information content (AvgIpc) is 2.19. The minimum atomic E-state index is 0.199. The Hall–Kier alpha value is -0.280. The summed E-state index contributed by atoms with van der Waals surface area (Å²) in [6.07, 6.45) is 2.26. The molecule has 0 aromatic carbocycles. The van der Waals surface area contributed by atoms with Crippen LogP contribution < -0.4 is 0 Å². The van der Waals surface area contributed by atoms with Gasteiger partial charge in [-0.1, -0.05) is 0 Å². The summed E-state index contributed by atoms with van der Waals surface area (Å²) in [6, 6.07) is 0. The second-order valence-electron chi connectivity index (χ2n) is 3.74. The van der Waals surface area contributed by atoms with Gasteiger partial charge in [0, 0.05) is 39.0 Å². The fraction of sp³-hybridized carbons (Fsp3) is 0.900. The van der Waals surface area contributed by atoms with Crippen molar-refractivity contribution in [2.75, 3.05) is 38.6 Å². The lowest BCUT2D eigenvalue weighted by Gasteiger charge is -2.34. The van der Waals surface area contributed by atoms with E-state index in [1.165, 1.54) is 6.42 Å². The Morgan fingerprint density at radius 1 is 1.21 bits per heavy atom. The topological polar surface area (TPSA) is 23.6 Å². The molecule has 0 aromatic heterocycles. The van der Waals surface area contributed by atoms with E-state index in [-0.39, 0.29) is 5.91 Å². The third kappa shape index (κ3) is 3.84. The van der Waals surface area contributed by atoms with Crippen molar-refractivity contribution in [2.45, 2.75) is 19.8 Å². The Morgan fingerprint density at radius 2 is 1.86 bits per heavy atom. The highest BCUT2D eigenvalue weighted by atomic mass is 35.5. The van der Waals surface area contributed by atoms with E-state index in [0.29, 0.717) is 0 Å². The summed E-state index contributed by atoms with van der Waals surface area (Å²) < 4.78 is 0. The van der Waals surface area contributed by atoms with Crippen LogP contribution in [0.2, 0.25) is 0 Å². The zero-order valence-corrected chi connectivity index (χ0v) is 9.59. The molecule has 0 N–H and O–H groups in total. The summed E-state index contributed by atoms with van der Waals surface area (Å²) in [5.41, 5.74) is 0. The van der Waals surface area contributed by atoms with Gasteiger partial charge in [-0.25, -0.2) is 0 Å². The number of halogens is 1. The number of carbonyl (C=O) groups is 1. The van der Waals surface area contributed by atoms with Gasteiger partial charge in [-0.15, -0.1) is 11.6 Å². The molecule has 0 atom stereocenters. The predicted molar refractivity (Wildman–Crippen MR) is 58.6 cm³/mol. The lowest BCUT2D eigenvalue weighted by Crippen LogP contribution is -2.48. The molecule has 0 aromatic rings. The SMILES string of the molecule is CC(=O)N1CCN(CCCCCl)CC1. The van der Waals surface area contributed by atoms with Gasteiger partial charge in [0.15, 0.2) is 0 Å². The lowest BCUT2D eigenvalue weighted by atomic mass is 10.2. The minimum absolute atomic E-state index is 0.199. The van der Waals surface area contributed by atoms with E-state index in [1.54, 1.807) is 6.92 Å². The monoisotopic (exact) mass is 218 g/mol. The number of amides is 1. The second-order valence-corrected chi connectivity index (χ2v) is 4.12. The number of rotatable bonds is 4. The van der Waals surface area contributed by atoms with Crippen molar-refractivity contribution in [1.82, 2.24) is 9.80 Å². The summed E-state index contributed by atoms with van der Waals surface area (Å²) in [6.45, 7) is 6.57. The third-order valence-electron chi connectivity index (χ3n) is 2.68. The van der Waals surface area contributed by atoms with Crippen LogP contribution in [-0.2, 0) is 4.79 Å². The first kappa shape index (κ1) is 11.8. The fourth-order valence-corrected chi connectivity index (χ4v) is 1.91. The van der Waals surface area contributed by atoms with Crippen LogP contribution in [0.4, 0.5) is 0 Å². The van der Waals surface area contributed by atoms with Crippen LogP contribution in [0.5, 0.6) is 0 Å². The Balaban J connectivity index is 2.12. The average molecular weight is 219 g/mol. The Morgan fingerprint density at radius 3 is 2.36 bits per heavy atom. The van der Waals surface area contributed by atoms with Gasteiger partial charge < -0.3 is 4.90 Å². The molecule has 1 aliphatic rings. The van der Waals surface area contributed by atoms with Gasteiger partial charge in [0.2, 0.25) is 5.91 Å². The first-order chi connectivity index (χ1) is 6.74. The molecule has 82 valence electrons. The normalized spacial score (nSPS) is 18.6. The van der Waals surface area contributed by atoms with Gasteiger partial charge in [-0.3, -0.25) is 9.69 Å². The summed E-state index contributed by atoms with van der Waals surface area (Å²) in [4.78, 5) is 15.4. The van der Waals surface area contributed by atoms with Gasteiger partial charge in [0.25, 0.3) is 0 Å². The van der Waals surface area contributed by atoms with Crippen molar-refractivity contribution in [3.05, 3.63) is 0 Å². The molecule has 1 aliphatic heterocycles. The molecule has 0 bridgehead atoms. The van der Waals surface area contributed by atoms with Gasteiger partial charge in [-0.05, 0) is 19.4 Å².